The lowest BCUT2D eigenvalue weighted by atomic mass is 10.1. The normalized spacial score (nSPS) is 12.5. The third-order valence-corrected chi connectivity index (χ3v) is 3.32. The van der Waals surface area contributed by atoms with Gasteiger partial charge >= 0.3 is 0 Å². The topological polar surface area (TPSA) is 17.1 Å². The fourth-order valence-electron chi connectivity index (χ4n) is 1.20. The Morgan fingerprint density at radius 3 is 2.71 bits per heavy atom. The number of benzene rings is 1. The predicted octanol–water partition coefficient (Wildman–Crippen LogP) is 3.61. The van der Waals surface area contributed by atoms with E-state index >= 15 is 0 Å². The monoisotopic (exact) mass is 228 g/mol. The number of ketones is 1. The minimum absolute atomic E-state index is 0.0270. The molecule has 14 heavy (non-hydrogen) atoms. The van der Waals surface area contributed by atoms with Crippen LogP contribution in [0.2, 0.25) is 0 Å². The third-order valence-electron chi connectivity index (χ3n) is 2.02. The van der Waals surface area contributed by atoms with Crippen LogP contribution in [0.4, 0.5) is 0 Å². The molecule has 0 saturated carbocycles. The molecule has 1 aromatic carbocycles. The van der Waals surface area contributed by atoms with Gasteiger partial charge in [-0.05, 0) is 18.7 Å². The van der Waals surface area contributed by atoms with E-state index in [1.807, 2.05) is 37.4 Å². The van der Waals surface area contributed by atoms with Crippen molar-refractivity contribution in [2.45, 2.75) is 23.6 Å². The lowest BCUT2D eigenvalue weighted by Gasteiger charge is -2.08. The number of carbonyl (C=O) groups excluding carboxylic acids is 1. The standard InChI is InChI=1S/C11H13ClOS/c1-3-9(12)11(13)8-6-4-5-7-10(8)14-2/h4-7,9H,3H2,1-2H3. The number of thioether (sulfide) groups is 1. The molecule has 0 saturated heterocycles. The highest BCUT2D eigenvalue weighted by atomic mass is 35.5. The van der Waals surface area contributed by atoms with Crippen molar-refractivity contribution in [1.29, 1.82) is 0 Å². The quantitative estimate of drug-likeness (QED) is 0.445. The molecule has 1 rings (SSSR count). The SMILES string of the molecule is CCC(Cl)C(=O)c1ccccc1SC. The highest BCUT2D eigenvalue weighted by Crippen LogP contribution is 2.23. The molecule has 0 aromatic heterocycles. The van der Waals surface area contributed by atoms with Gasteiger partial charge < -0.3 is 0 Å². The summed E-state index contributed by atoms with van der Waals surface area (Å²) in [5.41, 5.74) is 0.738. The lowest BCUT2D eigenvalue weighted by molar-refractivity contribution is 0.0983. The molecule has 76 valence electrons. The first-order valence-corrected chi connectivity index (χ1v) is 6.18. The third kappa shape index (κ3) is 2.52. The van der Waals surface area contributed by atoms with Crippen LogP contribution in [0.3, 0.4) is 0 Å². The van der Waals surface area contributed by atoms with Gasteiger partial charge in [-0.15, -0.1) is 23.4 Å². The first kappa shape index (κ1) is 11.6. The summed E-state index contributed by atoms with van der Waals surface area (Å²) in [5.74, 6) is 0.0270. The average molecular weight is 229 g/mol. The van der Waals surface area contributed by atoms with Crippen LogP contribution in [0.15, 0.2) is 29.2 Å². The summed E-state index contributed by atoms with van der Waals surface area (Å²) in [5, 5.41) is -0.400. The van der Waals surface area contributed by atoms with Gasteiger partial charge in [0.25, 0.3) is 0 Å². The smallest absolute Gasteiger partial charge is 0.181 e. The summed E-state index contributed by atoms with van der Waals surface area (Å²) in [7, 11) is 0. The molecular formula is C11H13ClOS. The van der Waals surface area contributed by atoms with E-state index in [2.05, 4.69) is 0 Å². The summed E-state index contributed by atoms with van der Waals surface area (Å²) in [6, 6.07) is 7.57. The maximum atomic E-state index is 11.8. The van der Waals surface area contributed by atoms with Crippen molar-refractivity contribution >= 4 is 29.1 Å². The van der Waals surface area contributed by atoms with Crippen LogP contribution in [0, 0.1) is 0 Å². The fraction of sp³-hybridized carbons (Fsp3) is 0.364. The number of hydrogen-bond acceptors (Lipinski definition) is 2. The van der Waals surface area contributed by atoms with Crippen molar-refractivity contribution in [1.82, 2.24) is 0 Å². The second kappa shape index (κ2) is 5.42. The Morgan fingerprint density at radius 1 is 1.50 bits per heavy atom. The molecule has 1 atom stereocenters. The minimum atomic E-state index is -0.400. The van der Waals surface area contributed by atoms with E-state index in [0.29, 0.717) is 6.42 Å². The van der Waals surface area contributed by atoms with Crippen LogP contribution >= 0.6 is 23.4 Å². The summed E-state index contributed by atoms with van der Waals surface area (Å²) < 4.78 is 0. The first-order chi connectivity index (χ1) is 6.70. The molecule has 0 heterocycles. The Bertz CT molecular complexity index is 325. The Hall–Kier alpha value is -0.470. The molecule has 0 aliphatic carbocycles. The molecule has 1 aromatic rings. The van der Waals surface area contributed by atoms with E-state index in [0.717, 1.165) is 10.5 Å². The number of rotatable bonds is 4. The van der Waals surface area contributed by atoms with E-state index in [4.69, 9.17) is 11.6 Å². The molecule has 1 nitrogen and oxygen atoms in total. The van der Waals surface area contributed by atoms with Crippen LogP contribution in [-0.2, 0) is 0 Å². The summed E-state index contributed by atoms with van der Waals surface area (Å²) in [6.45, 7) is 1.91. The second-order valence-electron chi connectivity index (χ2n) is 2.94. The van der Waals surface area contributed by atoms with Crippen LogP contribution < -0.4 is 0 Å². The van der Waals surface area contributed by atoms with Gasteiger partial charge in [-0.3, -0.25) is 4.79 Å². The molecule has 0 radical (unpaired) electrons. The van der Waals surface area contributed by atoms with Crippen molar-refractivity contribution in [3.05, 3.63) is 29.8 Å². The van der Waals surface area contributed by atoms with Crippen molar-refractivity contribution in [2.75, 3.05) is 6.26 Å². The Kier molecular flexibility index (Phi) is 4.49. The second-order valence-corrected chi connectivity index (χ2v) is 4.32. The van der Waals surface area contributed by atoms with Gasteiger partial charge in [0.15, 0.2) is 5.78 Å². The molecular weight excluding hydrogens is 216 g/mol. The van der Waals surface area contributed by atoms with Gasteiger partial charge in [0.05, 0.1) is 5.38 Å². The average Bonchev–Trinajstić information content (AvgIpc) is 2.26. The molecule has 0 aliphatic heterocycles. The van der Waals surface area contributed by atoms with E-state index in [9.17, 15) is 4.79 Å². The minimum Gasteiger partial charge on any atom is -0.292 e. The number of halogens is 1. The van der Waals surface area contributed by atoms with Crippen molar-refractivity contribution in [3.63, 3.8) is 0 Å². The van der Waals surface area contributed by atoms with Crippen LogP contribution in [0.1, 0.15) is 23.7 Å². The Morgan fingerprint density at radius 2 is 2.14 bits per heavy atom. The Labute approximate surface area is 93.8 Å². The molecule has 3 heteroatoms. The molecule has 0 amide bonds. The van der Waals surface area contributed by atoms with Crippen LogP contribution in [-0.4, -0.2) is 17.4 Å². The van der Waals surface area contributed by atoms with Crippen molar-refractivity contribution in [3.8, 4) is 0 Å². The maximum Gasteiger partial charge on any atom is 0.181 e. The highest BCUT2D eigenvalue weighted by Gasteiger charge is 2.17. The van der Waals surface area contributed by atoms with Gasteiger partial charge in [0, 0.05) is 10.5 Å². The molecule has 0 fully saturated rings. The number of carbonyl (C=O) groups is 1. The van der Waals surface area contributed by atoms with Gasteiger partial charge in [0.1, 0.15) is 0 Å². The Balaban J connectivity index is 3.00. The van der Waals surface area contributed by atoms with E-state index < -0.39 is 5.38 Å². The van der Waals surface area contributed by atoms with E-state index in [1.54, 1.807) is 11.8 Å². The summed E-state index contributed by atoms with van der Waals surface area (Å²) in [4.78, 5) is 12.8. The van der Waals surface area contributed by atoms with Gasteiger partial charge in [-0.25, -0.2) is 0 Å². The van der Waals surface area contributed by atoms with E-state index in [-0.39, 0.29) is 5.78 Å². The number of Topliss-reactive ketones (excluding diaryl/α,β-unsaturated/α-hetero) is 1. The summed E-state index contributed by atoms with van der Waals surface area (Å²) in [6.07, 6.45) is 2.63. The maximum absolute atomic E-state index is 11.8. The number of alkyl halides is 1. The zero-order valence-corrected chi connectivity index (χ0v) is 9.86. The van der Waals surface area contributed by atoms with Gasteiger partial charge in [-0.1, -0.05) is 25.1 Å². The molecule has 0 bridgehead atoms. The summed E-state index contributed by atoms with van der Waals surface area (Å²) >= 11 is 7.49. The molecule has 0 aliphatic rings. The fourth-order valence-corrected chi connectivity index (χ4v) is 1.92. The van der Waals surface area contributed by atoms with Crippen LogP contribution in [0.5, 0.6) is 0 Å². The first-order valence-electron chi connectivity index (χ1n) is 4.52. The highest BCUT2D eigenvalue weighted by molar-refractivity contribution is 7.98. The molecule has 0 spiro atoms. The lowest BCUT2D eigenvalue weighted by Crippen LogP contribution is -2.14. The van der Waals surface area contributed by atoms with Crippen molar-refractivity contribution < 1.29 is 4.79 Å². The molecule has 0 N–H and O–H groups in total. The molecule has 1 unspecified atom stereocenters. The largest absolute Gasteiger partial charge is 0.292 e. The number of hydrogen-bond donors (Lipinski definition) is 0. The zero-order valence-electron chi connectivity index (χ0n) is 8.29. The van der Waals surface area contributed by atoms with Gasteiger partial charge in [-0.2, -0.15) is 0 Å². The predicted molar refractivity (Wildman–Crippen MR) is 62.5 cm³/mol. The van der Waals surface area contributed by atoms with Gasteiger partial charge in [0.2, 0.25) is 0 Å². The van der Waals surface area contributed by atoms with Crippen molar-refractivity contribution in [2.24, 2.45) is 0 Å². The zero-order chi connectivity index (χ0) is 10.6. The van der Waals surface area contributed by atoms with Crippen LogP contribution in [0.25, 0.3) is 0 Å². The van der Waals surface area contributed by atoms with E-state index in [1.165, 1.54) is 0 Å².